The Morgan fingerprint density at radius 1 is 1.40 bits per heavy atom. The number of nitrogens with zero attached hydrogens (tertiary/aromatic N) is 1. The van der Waals surface area contributed by atoms with Gasteiger partial charge in [-0.15, -0.1) is 0 Å². The molecular formula is C8H9N3O3S. The first-order valence-corrected chi connectivity index (χ1v) is 5.61. The van der Waals surface area contributed by atoms with Crippen LogP contribution in [-0.2, 0) is 10.0 Å². The maximum absolute atomic E-state index is 11.6. The van der Waals surface area contributed by atoms with Crippen molar-refractivity contribution in [2.75, 3.05) is 17.7 Å². The number of sulfonamides is 1. The van der Waals surface area contributed by atoms with E-state index in [0.29, 0.717) is 0 Å². The van der Waals surface area contributed by atoms with Crippen LogP contribution in [0.15, 0.2) is 23.1 Å². The van der Waals surface area contributed by atoms with Crippen LogP contribution in [0.4, 0.5) is 16.2 Å². The summed E-state index contributed by atoms with van der Waals surface area (Å²) in [6, 6.07) is 3.76. The van der Waals surface area contributed by atoms with Gasteiger partial charge in [-0.3, -0.25) is 4.90 Å². The zero-order valence-electron chi connectivity index (χ0n) is 7.89. The van der Waals surface area contributed by atoms with Crippen LogP contribution in [0.5, 0.6) is 0 Å². The maximum Gasteiger partial charge on any atom is 0.335 e. The van der Waals surface area contributed by atoms with Crippen molar-refractivity contribution in [1.29, 1.82) is 0 Å². The van der Waals surface area contributed by atoms with E-state index >= 15 is 0 Å². The number of carbonyl (C=O) groups excluding carboxylic acids is 1. The molecule has 0 spiro atoms. The van der Waals surface area contributed by atoms with Crippen LogP contribution in [0.25, 0.3) is 0 Å². The number of nitrogens with one attached hydrogen (secondary N) is 1. The molecule has 6 nitrogen and oxygen atoms in total. The molecule has 0 fully saturated rings. The Labute approximate surface area is 86.7 Å². The van der Waals surface area contributed by atoms with Gasteiger partial charge in [0.25, 0.3) is 10.0 Å². The average Bonchev–Trinajstić information content (AvgIpc) is 2.14. The number of carbonyl (C=O) groups is 1. The highest BCUT2D eigenvalue weighted by Crippen LogP contribution is 2.33. The molecule has 2 rings (SSSR count). The normalized spacial score (nSPS) is 18.2. The first-order valence-electron chi connectivity index (χ1n) is 4.12. The minimum Gasteiger partial charge on any atom is -0.397 e. The summed E-state index contributed by atoms with van der Waals surface area (Å²) in [5.74, 6) is 0. The molecule has 0 saturated carbocycles. The number of benzene rings is 1. The largest absolute Gasteiger partial charge is 0.397 e. The number of rotatable bonds is 0. The Balaban J connectivity index is 2.81. The third-order valence-electron chi connectivity index (χ3n) is 2.18. The molecule has 0 saturated heterocycles. The molecule has 1 aliphatic heterocycles. The van der Waals surface area contributed by atoms with Crippen LogP contribution >= 0.6 is 0 Å². The summed E-state index contributed by atoms with van der Waals surface area (Å²) in [4.78, 5) is 12.5. The van der Waals surface area contributed by atoms with E-state index in [4.69, 9.17) is 5.73 Å². The second-order valence-electron chi connectivity index (χ2n) is 3.16. The lowest BCUT2D eigenvalue weighted by atomic mass is 10.2. The van der Waals surface area contributed by atoms with Crippen molar-refractivity contribution < 1.29 is 13.2 Å². The van der Waals surface area contributed by atoms with Gasteiger partial charge in [-0.05, 0) is 12.1 Å². The zero-order valence-corrected chi connectivity index (χ0v) is 8.71. The fourth-order valence-corrected chi connectivity index (χ4v) is 2.70. The molecule has 2 amide bonds. The molecular weight excluding hydrogens is 218 g/mol. The van der Waals surface area contributed by atoms with Crippen LogP contribution in [0.1, 0.15) is 0 Å². The van der Waals surface area contributed by atoms with E-state index in [2.05, 4.69) is 0 Å². The molecule has 0 aliphatic carbocycles. The number of fused-ring (bicyclic) bond motifs is 1. The number of amides is 2. The third-order valence-corrected chi connectivity index (χ3v) is 3.53. The highest BCUT2D eigenvalue weighted by Gasteiger charge is 2.32. The van der Waals surface area contributed by atoms with E-state index in [9.17, 15) is 13.2 Å². The summed E-state index contributed by atoms with van der Waals surface area (Å²) in [6.45, 7) is 0. The molecule has 0 aromatic heterocycles. The fraction of sp³-hybridized carbons (Fsp3) is 0.125. The van der Waals surface area contributed by atoms with Gasteiger partial charge in [0, 0.05) is 7.05 Å². The van der Waals surface area contributed by atoms with Gasteiger partial charge in [-0.2, -0.15) is 0 Å². The van der Waals surface area contributed by atoms with Crippen molar-refractivity contribution in [2.24, 2.45) is 0 Å². The van der Waals surface area contributed by atoms with Gasteiger partial charge in [0.05, 0.1) is 11.4 Å². The lowest BCUT2D eigenvalue weighted by Crippen LogP contribution is -2.46. The minimum atomic E-state index is -3.77. The first-order chi connectivity index (χ1) is 6.93. The van der Waals surface area contributed by atoms with E-state index in [-0.39, 0.29) is 16.3 Å². The summed E-state index contributed by atoms with van der Waals surface area (Å²) in [5, 5.41) is 0. The molecule has 7 heteroatoms. The van der Waals surface area contributed by atoms with E-state index in [1.807, 2.05) is 4.72 Å². The van der Waals surface area contributed by atoms with E-state index in [1.165, 1.54) is 24.1 Å². The topological polar surface area (TPSA) is 92.5 Å². The average molecular weight is 227 g/mol. The van der Waals surface area contributed by atoms with Crippen molar-refractivity contribution in [1.82, 2.24) is 4.72 Å². The summed E-state index contributed by atoms with van der Waals surface area (Å²) >= 11 is 0. The van der Waals surface area contributed by atoms with Gasteiger partial charge in [-0.25, -0.2) is 17.9 Å². The van der Waals surface area contributed by atoms with Crippen LogP contribution in [0.2, 0.25) is 0 Å². The van der Waals surface area contributed by atoms with Crippen molar-refractivity contribution in [2.45, 2.75) is 4.90 Å². The molecule has 0 atom stereocenters. The van der Waals surface area contributed by atoms with E-state index in [0.717, 1.165) is 0 Å². The van der Waals surface area contributed by atoms with Gasteiger partial charge in [0.15, 0.2) is 0 Å². The molecule has 3 N–H and O–H groups in total. The van der Waals surface area contributed by atoms with Gasteiger partial charge < -0.3 is 5.73 Å². The molecule has 1 aromatic carbocycles. The van der Waals surface area contributed by atoms with Crippen molar-refractivity contribution in [3.8, 4) is 0 Å². The Kier molecular flexibility index (Phi) is 1.87. The Morgan fingerprint density at radius 2 is 2.07 bits per heavy atom. The smallest absolute Gasteiger partial charge is 0.335 e. The predicted molar refractivity (Wildman–Crippen MR) is 55.0 cm³/mol. The number of nitrogen functional groups attached to an aromatic ring is 1. The first kappa shape index (κ1) is 9.78. The van der Waals surface area contributed by atoms with Gasteiger partial charge >= 0.3 is 6.03 Å². The molecule has 0 radical (unpaired) electrons. The standard InChI is InChI=1S/C8H9N3O3S/c1-11-7-5(9)3-2-4-6(7)15(13,14)10-8(11)12/h2-4H,9H2,1H3,(H,10,12). The number of para-hydroxylation sites is 1. The second kappa shape index (κ2) is 2.86. The van der Waals surface area contributed by atoms with E-state index in [1.54, 1.807) is 6.07 Å². The van der Waals surface area contributed by atoms with Crippen LogP contribution < -0.4 is 15.4 Å². The van der Waals surface area contributed by atoms with Crippen molar-refractivity contribution in [3.05, 3.63) is 18.2 Å². The van der Waals surface area contributed by atoms with Crippen LogP contribution in [0, 0.1) is 0 Å². The van der Waals surface area contributed by atoms with Gasteiger partial charge in [-0.1, -0.05) is 6.07 Å². The lowest BCUT2D eigenvalue weighted by molar-refractivity contribution is 0.251. The molecule has 15 heavy (non-hydrogen) atoms. The number of urea groups is 1. The maximum atomic E-state index is 11.6. The number of nitrogens with two attached hydrogens (primary N) is 1. The molecule has 80 valence electrons. The summed E-state index contributed by atoms with van der Waals surface area (Å²) in [5.41, 5.74) is 6.11. The summed E-state index contributed by atoms with van der Waals surface area (Å²) < 4.78 is 25.0. The molecule has 1 aromatic rings. The quantitative estimate of drug-likeness (QED) is 0.615. The molecule has 1 aliphatic rings. The monoisotopic (exact) mass is 227 g/mol. The zero-order chi connectivity index (χ0) is 11.2. The second-order valence-corrected chi connectivity index (χ2v) is 4.81. The van der Waals surface area contributed by atoms with Crippen molar-refractivity contribution in [3.63, 3.8) is 0 Å². The van der Waals surface area contributed by atoms with Crippen molar-refractivity contribution >= 4 is 27.4 Å². The molecule has 0 unspecified atom stereocenters. The summed E-state index contributed by atoms with van der Waals surface area (Å²) in [7, 11) is -2.31. The molecule has 1 heterocycles. The van der Waals surface area contributed by atoms with E-state index < -0.39 is 16.1 Å². The molecule has 0 bridgehead atoms. The number of hydrogen-bond acceptors (Lipinski definition) is 4. The Morgan fingerprint density at radius 3 is 2.73 bits per heavy atom. The van der Waals surface area contributed by atoms with Crippen LogP contribution in [-0.4, -0.2) is 21.5 Å². The minimum absolute atomic E-state index is 0.0181. The highest BCUT2D eigenvalue weighted by atomic mass is 32.2. The van der Waals surface area contributed by atoms with Gasteiger partial charge in [0.1, 0.15) is 4.90 Å². The van der Waals surface area contributed by atoms with Crippen LogP contribution in [0.3, 0.4) is 0 Å². The third kappa shape index (κ3) is 1.32. The fourth-order valence-electron chi connectivity index (χ4n) is 1.46. The summed E-state index contributed by atoms with van der Waals surface area (Å²) in [6.07, 6.45) is 0. The Hall–Kier alpha value is -1.76. The highest BCUT2D eigenvalue weighted by molar-refractivity contribution is 7.90. The van der Waals surface area contributed by atoms with Gasteiger partial charge in [0.2, 0.25) is 0 Å². The number of hydrogen-bond donors (Lipinski definition) is 2. The SMILES string of the molecule is CN1C(=O)NS(=O)(=O)c2cccc(N)c21. The Bertz CT molecular complexity index is 538. The predicted octanol–water partition coefficient (Wildman–Crippen LogP) is 0.117. The lowest BCUT2D eigenvalue weighted by Gasteiger charge is -2.27. The number of anilines is 2.